The Morgan fingerprint density at radius 1 is 1.37 bits per heavy atom. The fraction of sp³-hybridized carbons (Fsp3) is 0.0769. The summed E-state index contributed by atoms with van der Waals surface area (Å²) in [4.78, 5) is 4.06. The second-order valence-electron chi connectivity index (χ2n) is 3.88. The molecule has 0 bridgehead atoms. The summed E-state index contributed by atoms with van der Waals surface area (Å²) in [6.45, 7) is 1.77. The molecule has 0 saturated heterocycles. The van der Waals surface area contributed by atoms with E-state index in [1.807, 2.05) is 6.07 Å². The Hall–Kier alpha value is -1.64. The molecule has 1 aromatic carbocycles. The normalized spacial score (nSPS) is 10.1. The van der Waals surface area contributed by atoms with Crippen LogP contribution in [0.1, 0.15) is 11.1 Å². The summed E-state index contributed by atoms with van der Waals surface area (Å²) in [6.07, 6.45) is 0. The molecular formula is C13H8BrClFN3. The van der Waals surface area contributed by atoms with E-state index in [9.17, 15) is 4.39 Å². The van der Waals surface area contributed by atoms with Crippen molar-refractivity contribution in [2.45, 2.75) is 6.92 Å². The Balaban J connectivity index is 2.39. The Kier molecular flexibility index (Phi) is 4.03. The van der Waals surface area contributed by atoms with E-state index in [-0.39, 0.29) is 11.0 Å². The Morgan fingerprint density at radius 2 is 2.11 bits per heavy atom. The Morgan fingerprint density at radius 3 is 2.79 bits per heavy atom. The van der Waals surface area contributed by atoms with E-state index in [4.69, 9.17) is 16.9 Å². The number of hydrogen-bond donors (Lipinski definition) is 1. The molecule has 96 valence electrons. The van der Waals surface area contributed by atoms with E-state index in [0.29, 0.717) is 21.5 Å². The molecule has 1 aromatic heterocycles. The van der Waals surface area contributed by atoms with Crippen molar-refractivity contribution in [3.05, 3.63) is 50.8 Å². The van der Waals surface area contributed by atoms with E-state index >= 15 is 0 Å². The number of benzene rings is 1. The second-order valence-corrected chi connectivity index (χ2v) is 5.12. The number of nitrogens with zero attached hydrogens (tertiary/aromatic N) is 2. The molecule has 0 spiro atoms. The van der Waals surface area contributed by atoms with Gasteiger partial charge in [0.2, 0.25) is 0 Å². The monoisotopic (exact) mass is 339 g/mol. The van der Waals surface area contributed by atoms with Crippen molar-refractivity contribution in [1.82, 2.24) is 4.98 Å². The third kappa shape index (κ3) is 3.22. The van der Waals surface area contributed by atoms with E-state index < -0.39 is 0 Å². The van der Waals surface area contributed by atoms with Crippen molar-refractivity contribution in [2.24, 2.45) is 0 Å². The molecule has 0 aliphatic rings. The van der Waals surface area contributed by atoms with Gasteiger partial charge in [0, 0.05) is 5.69 Å². The van der Waals surface area contributed by atoms with Crippen LogP contribution in [0.15, 0.2) is 28.7 Å². The van der Waals surface area contributed by atoms with Crippen molar-refractivity contribution < 1.29 is 4.39 Å². The van der Waals surface area contributed by atoms with Crippen LogP contribution in [-0.4, -0.2) is 4.98 Å². The van der Waals surface area contributed by atoms with Gasteiger partial charge in [-0.3, -0.25) is 0 Å². The van der Waals surface area contributed by atoms with Crippen LogP contribution >= 0.6 is 27.5 Å². The Labute approximate surface area is 123 Å². The predicted octanol–water partition coefficient (Wildman–Crippen LogP) is 4.56. The third-order valence-electron chi connectivity index (χ3n) is 2.45. The number of anilines is 2. The number of aromatic nitrogens is 1. The minimum absolute atomic E-state index is 0.223. The highest BCUT2D eigenvalue weighted by Crippen LogP contribution is 2.27. The fourth-order valence-electron chi connectivity index (χ4n) is 1.54. The third-order valence-corrected chi connectivity index (χ3v) is 3.25. The van der Waals surface area contributed by atoms with Crippen LogP contribution in [0.5, 0.6) is 0 Å². The van der Waals surface area contributed by atoms with Gasteiger partial charge in [0.1, 0.15) is 16.8 Å². The lowest BCUT2D eigenvalue weighted by Gasteiger charge is -2.10. The quantitative estimate of drug-likeness (QED) is 0.815. The van der Waals surface area contributed by atoms with Gasteiger partial charge in [0.15, 0.2) is 0 Å². The zero-order valence-electron chi connectivity index (χ0n) is 9.84. The van der Waals surface area contributed by atoms with Gasteiger partial charge < -0.3 is 5.32 Å². The molecule has 0 aliphatic carbocycles. The SMILES string of the molecule is Cc1cc(F)c(Br)cc1Nc1cc(C#N)cc(Cl)n1. The first-order valence-corrected chi connectivity index (χ1v) is 6.47. The number of rotatable bonds is 2. The molecule has 1 heterocycles. The molecule has 6 heteroatoms. The van der Waals surface area contributed by atoms with Crippen LogP contribution in [0.3, 0.4) is 0 Å². The minimum atomic E-state index is -0.334. The fourth-order valence-corrected chi connectivity index (χ4v) is 2.10. The molecule has 0 aliphatic heterocycles. The molecule has 0 atom stereocenters. The molecule has 0 unspecified atom stereocenters. The molecule has 2 rings (SSSR count). The maximum absolute atomic E-state index is 13.3. The first kappa shape index (κ1) is 13.8. The van der Waals surface area contributed by atoms with Crippen molar-refractivity contribution in [3.8, 4) is 6.07 Å². The largest absolute Gasteiger partial charge is 0.340 e. The van der Waals surface area contributed by atoms with Crippen LogP contribution in [0.4, 0.5) is 15.9 Å². The van der Waals surface area contributed by atoms with Crippen LogP contribution < -0.4 is 5.32 Å². The lowest BCUT2D eigenvalue weighted by Crippen LogP contribution is -1.98. The van der Waals surface area contributed by atoms with Crippen molar-refractivity contribution >= 4 is 39.0 Å². The zero-order chi connectivity index (χ0) is 14.0. The van der Waals surface area contributed by atoms with E-state index in [1.54, 1.807) is 19.1 Å². The molecule has 1 N–H and O–H groups in total. The number of pyridine rings is 1. The van der Waals surface area contributed by atoms with E-state index in [0.717, 1.165) is 5.56 Å². The lowest BCUT2D eigenvalue weighted by molar-refractivity contribution is 0.620. The van der Waals surface area contributed by atoms with Gasteiger partial charge >= 0.3 is 0 Å². The highest BCUT2D eigenvalue weighted by Gasteiger charge is 2.07. The van der Waals surface area contributed by atoms with Crippen LogP contribution in [0, 0.1) is 24.1 Å². The molecular weight excluding hydrogens is 333 g/mol. The summed E-state index contributed by atoms with van der Waals surface area (Å²) in [5, 5.41) is 12.1. The van der Waals surface area contributed by atoms with Gasteiger partial charge in [-0.25, -0.2) is 9.37 Å². The van der Waals surface area contributed by atoms with Crippen molar-refractivity contribution in [3.63, 3.8) is 0 Å². The van der Waals surface area contributed by atoms with Gasteiger partial charge in [0.05, 0.1) is 16.1 Å². The topological polar surface area (TPSA) is 48.7 Å². The van der Waals surface area contributed by atoms with Gasteiger partial charge in [-0.05, 0) is 52.7 Å². The molecule has 2 aromatic rings. The number of hydrogen-bond acceptors (Lipinski definition) is 3. The molecule has 0 amide bonds. The first-order chi connectivity index (χ1) is 8.99. The molecule has 19 heavy (non-hydrogen) atoms. The summed E-state index contributed by atoms with van der Waals surface area (Å²) in [6, 6.07) is 8.06. The number of halogens is 3. The summed E-state index contributed by atoms with van der Waals surface area (Å²) >= 11 is 8.94. The zero-order valence-corrected chi connectivity index (χ0v) is 12.2. The Bertz CT molecular complexity index is 682. The maximum atomic E-state index is 13.3. The molecule has 3 nitrogen and oxygen atoms in total. The number of nitrogens with one attached hydrogen (secondary N) is 1. The van der Waals surface area contributed by atoms with Crippen molar-refractivity contribution in [2.75, 3.05) is 5.32 Å². The number of aryl methyl sites for hydroxylation is 1. The summed E-state index contributed by atoms with van der Waals surface area (Å²) in [5.74, 6) is 0.102. The molecule has 0 radical (unpaired) electrons. The average Bonchev–Trinajstić information content (AvgIpc) is 2.35. The highest BCUT2D eigenvalue weighted by atomic mass is 79.9. The van der Waals surface area contributed by atoms with Crippen molar-refractivity contribution in [1.29, 1.82) is 5.26 Å². The molecule has 0 fully saturated rings. The average molecular weight is 341 g/mol. The van der Waals surface area contributed by atoms with Gasteiger partial charge in [0.25, 0.3) is 0 Å². The number of nitriles is 1. The maximum Gasteiger partial charge on any atom is 0.137 e. The summed E-state index contributed by atoms with van der Waals surface area (Å²) < 4.78 is 13.7. The second kappa shape index (κ2) is 5.55. The summed E-state index contributed by atoms with van der Waals surface area (Å²) in [7, 11) is 0. The highest BCUT2D eigenvalue weighted by molar-refractivity contribution is 9.10. The molecule has 0 saturated carbocycles. The standard InChI is InChI=1S/C13H8BrClFN3/c1-7-2-10(16)9(14)5-11(7)18-13-4-8(6-17)3-12(15)19-13/h2-5H,1H3,(H,18,19). The van der Waals surface area contributed by atoms with E-state index in [2.05, 4.69) is 26.2 Å². The van der Waals surface area contributed by atoms with Gasteiger partial charge in [-0.2, -0.15) is 5.26 Å². The van der Waals surface area contributed by atoms with Crippen LogP contribution in [0.2, 0.25) is 5.15 Å². The minimum Gasteiger partial charge on any atom is -0.340 e. The predicted molar refractivity (Wildman–Crippen MR) is 76.1 cm³/mol. The smallest absolute Gasteiger partial charge is 0.137 e. The van der Waals surface area contributed by atoms with Crippen LogP contribution in [0.25, 0.3) is 0 Å². The van der Waals surface area contributed by atoms with Gasteiger partial charge in [-0.1, -0.05) is 11.6 Å². The first-order valence-electron chi connectivity index (χ1n) is 5.30. The van der Waals surface area contributed by atoms with Crippen LogP contribution in [-0.2, 0) is 0 Å². The lowest BCUT2D eigenvalue weighted by atomic mass is 10.2. The van der Waals surface area contributed by atoms with Gasteiger partial charge in [-0.15, -0.1) is 0 Å². The summed E-state index contributed by atoms with van der Waals surface area (Å²) in [5.41, 5.74) is 1.81. The van der Waals surface area contributed by atoms with E-state index in [1.165, 1.54) is 12.1 Å².